The molecule has 1 atom stereocenters. The fraction of sp³-hybridized carbons (Fsp3) is 0.385. The molecule has 0 aliphatic carbocycles. The lowest BCUT2D eigenvalue weighted by atomic mass is 10.1. The average molecular weight is 249 g/mol. The predicted molar refractivity (Wildman–Crippen MR) is 68.5 cm³/mol. The number of carbonyl (C=O) groups is 1. The van der Waals surface area contributed by atoms with E-state index in [1.54, 1.807) is 11.8 Å². The summed E-state index contributed by atoms with van der Waals surface area (Å²) in [5.41, 5.74) is 1.13. The zero-order valence-electron chi connectivity index (χ0n) is 9.76. The number of hydrogen-bond donors (Lipinski definition) is 0. The summed E-state index contributed by atoms with van der Waals surface area (Å²) in [5.74, 6) is 0.467. The van der Waals surface area contributed by atoms with E-state index in [-0.39, 0.29) is 11.2 Å². The topological polar surface area (TPSA) is 50.1 Å². The molecular weight excluding hydrogens is 234 g/mol. The van der Waals surface area contributed by atoms with Crippen molar-refractivity contribution in [1.82, 2.24) is 0 Å². The molecule has 4 heteroatoms. The van der Waals surface area contributed by atoms with Gasteiger partial charge in [-0.25, -0.2) is 0 Å². The van der Waals surface area contributed by atoms with Crippen LogP contribution < -0.4 is 0 Å². The smallest absolute Gasteiger partial charge is 0.306 e. The van der Waals surface area contributed by atoms with Gasteiger partial charge in [-0.15, -0.1) is 0 Å². The average Bonchev–Trinajstić information content (AvgIpc) is 2.38. The summed E-state index contributed by atoms with van der Waals surface area (Å²) in [5, 5.41) is 8.93. The summed E-state index contributed by atoms with van der Waals surface area (Å²) in [6.45, 7) is 0. The van der Waals surface area contributed by atoms with Crippen molar-refractivity contribution in [3.05, 3.63) is 35.9 Å². The molecule has 0 aliphatic heterocycles. The van der Waals surface area contributed by atoms with Gasteiger partial charge in [0.1, 0.15) is 0 Å². The highest BCUT2D eigenvalue weighted by molar-refractivity contribution is 7.99. The van der Waals surface area contributed by atoms with Crippen molar-refractivity contribution in [2.45, 2.75) is 18.1 Å². The maximum Gasteiger partial charge on any atom is 0.306 e. The minimum Gasteiger partial charge on any atom is -0.469 e. The third-order valence-corrected chi connectivity index (χ3v) is 3.58. The summed E-state index contributed by atoms with van der Waals surface area (Å²) in [6.07, 6.45) is 0.839. The third kappa shape index (κ3) is 4.92. The molecule has 0 N–H and O–H groups in total. The Kier molecular flexibility index (Phi) is 6.19. The summed E-state index contributed by atoms with van der Waals surface area (Å²) < 4.78 is 4.58. The number of methoxy groups -OCH3 is 1. The largest absolute Gasteiger partial charge is 0.469 e. The first-order valence-corrected chi connectivity index (χ1v) is 6.43. The normalized spacial score (nSPS) is 11.5. The van der Waals surface area contributed by atoms with Gasteiger partial charge in [0.15, 0.2) is 0 Å². The molecule has 0 aliphatic rings. The van der Waals surface area contributed by atoms with Gasteiger partial charge in [-0.2, -0.15) is 17.0 Å². The number of nitriles is 1. The van der Waals surface area contributed by atoms with Crippen LogP contribution in [0, 0.1) is 11.3 Å². The van der Waals surface area contributed by atoms with Gasteiger partial charge in [0.05, 0.1) is 26.0 Å². The van der Waals surface area contributed by atoms with Crippen LogP contribution in [-0.2, 0) is 9.53 Å². The van der Waals surface area contributed by atoms with Gasteiger partial charge in [-0.05, 0) is 5.56 Å². The van der Waals surface area contributed by atoms with Crippen molar-refractivity contribution in [2.75, 3.05) is 12.9 Å². The molecule has 3 nitrogen and oxygen atoms in total. The molecule has 1 rings (SSSR count). The molecule has 0 bridgehead atoms. The van der Waals surface area contributed by atoms with Crippen molar-refractivity contribution in [2.24, 2.45) is 0 Å². The fourth-order valence-corrected chi connectivity index (χ4v) is 2.52. The van der Waals surface area contributed by atoms with E-state index in [0.29, 0.717) is 18.6 Å². The lowest BCUT2D eigenvalue weighted by Crippen LogP contribution is -2.03. The van der Waals surface area contributed by atoms with Gasteiger partial charge >= 0.3 is 5.97 Å². The molecule has 1 aromatic carbocycles. The van der Waals surface area contributed by atoms with E-state index in [2.05, 4.69) is 10.8 Å². The molecule has 0 aromatic heterocycles. The molecular formula is C13H15NO2S. The van der Waals surface area contributed by atoms with Gasteiger partial charge in [-0.1, -0.05) is 30.3 Å². The van der Waals surface area contributed by atoms with E-state index in [9.17, 15) is 4.79 Å². The van der Waals surface area contributed by atoms with Crippen molar-refractivity contribution in [1.29, 1.82) is 5.26 Å². The Morgan fingerprint density at radius 3 is 2.76 bits per heavy atom. The van der Waals surface area contributed by atoms with Crippen LogP contribution in [0.5, 0.6) is 0 Å². The van der Waals surface area contributed by atoms with Gasteiger partial charge in [-0.3, -0.25) is 4.79 Å². The molecule has 0 heterocycles. The van der Waals surface area contributed by atoms with Crippen LogP contribution in [0.3, 0.4) is 0 Å². The lowest BCUT2D eigenvalue weighted by molar-refractivity contribution is -0.140. The van der Waals surface area contributed by atoms with Crippen LogP contribution in [-0.4, -0.2) is 18.8 Å². The highest BCUT2D eigenvalue weighted by Gasteiger charge is 2.12. The highest BCUT2D eigenvalue weighted by Crippen LogP contribution is 2.31. The monoisotopic (exact) mass is 249 g/mol. The second-order valence-corrected chi connectivity index (χ2v) is 4.77. The first kappa shape index (κ1) is 13.6. The molecule has 90 valence electrons. The van der Waals surface area contributed by atoms with Gasteiger partial charge in [0.2, 0.25) is 0 Å². The highest BCUT2D eigenvalue weighted by atomic mass is 32.2. The number of benzene rings is 1. The van der Waals surface area contributed by atoms with Crippen LogP contribution in [0.2, 0.25) is 0 Å². The van der Waals surface area contributed by atoms with Crippen LogP contribution in [0.25, 0.3) is 0 Å². The van der Waals surface area contributed by atoms with E-state index < -0.39 is 0 Å². The first-order chi connectivity index (χ1) is 8.27. The Balaban J connectivity index is 2.50. The van der Waals surface area contributed by atoms with Crippen molar-refractivity contribution in [3.63, 3.8) is 0 Å². The van der Waals surface area contributed by atoms with Crippen molar-refractivity contribution >= 4 is 17.7 Å². The van der Waals surface area contributed by atoms with E-state index >= 15 is 0 Å². The zero-order chi connectivity index (χ0) is 12.5. The molecule has 17 heavy (non-hydrogen) atoms. The maximum absolute atomic E-state index is 11.0. The Hall–Kier alpha value is -1.47. The number of esters is 1. The van der Waals surface area contributed by atoms with E-state index in [1.165, 1.54) is 7.11 Å². The van der Waals surface area contributed by atoms with Crippen LogP contribution in [0.4, 0.5) is 0 Å². The molecule has 0 saturated heterocycles. The molecule has 0 fully saturated rings. The Bertz CT molecular complexity index is 386. The number of ether oxygens (including phenoxy) is 1. The summed E-state index contributed by atoms with van der Waals surface area (Å²) >= 11 is 1.62. The minimum atomic E-state index is -0.207. The molecule has 1 unspecified atom stereocenters. The van der Waals surface area contributed by atoms with Gasteiger partial charge < -0.3 is 4.74 Å². The third-order valence-electron chi connectivity index (χ3n) is 2.30. The van der Waals surface area contributed by atoms with Crippen molar-refractivity contribution < 1.29 is 9.53 Å². The molecule has 1 aromatic rings. The van der Waals surface area contributed by atoms with E-state index in [0.717, 1.165) is 5.56 Å². The van der Waals surface area contributed by atoms with E-state index in [1.807, 2.05) is 30.3 Å². The standard InChI is InChI=1S/C13H15NO2S/c1-16-13(15)8-10-17-12(7-9-14)11-5-3-2-4-6-11/h2-6,12H,7-8,10H2,1H3. The van der Waals surface area contributed by atoms with E-state index in [4.69, 9.17) is 5.26 Å². The van der Waals surface area contributed by atoms with Gasteiger partial charge in [0, 0.05) is 11.0 Å². The SMILES string of the molecule is COC(=O)CCSC(CC#N)c1ccccc1. The van der Waals surface area contributed by atoms with Crippen LogP contribution in [0.15, 0.2) is 30.3 Å². The number of carbonyl (C=O) groups excluding carboxylic acids is 1. The Morgan fingerprint density at radius 1 is 1.47 bits per heavy atom. The fourth-order valence-electron chi connectivity index (χ4n) is 1.41. The Morgan fingerprint density at radius 2 is 2.18 bits per heavy atom. The quantitative estimate of drug-likeness (QED) is 0.727. The minimum absolute atomic E-state index is 0.130. The second kappa shape index (κ2) is 7.75. The maximum atomic E-state index is 11.0. The molecule has 0 amide bonds. The summed E-state index contributed by atoms with van der Waals surface area (Å²) in [4.78, 5) is 11.0. The predicted octanol–water partition coefficient (Wildman–Crippen LogP) is 2.94. The first-order valence-electron chi connectivity index (χ1n) is 5.38. The molecule has 0 saturated carbocycles. The zero-order valence-corrected chi connectivity index (χ0v) is 10.6. The number of thioether (sulfide) groups is 1. The summed E-state index contributed by atoms with van der Waals surface area (Å²) in [6, 6.07) is 12.1. The lowest BCUT2D eigenvalue weighted by Gasteiger charge is -2.13. The summed E-state index contributed by atoms with van der Waals surface area (Å²) in [7, 11) is 1.39. The second-order valence-electron chi connectivity index (χ2n) is 3.46. The molecule has 0 radical (unpaired) electrons. The Labute approximate surface area is 106 Å². The molecule has 0 spiro atoms. The number of rotatable bonds is 6. The van der Waals surface area contributed by atoms with Crippen molar-refractivity contribution in [3.8, 4) is 6.07 Å². The number of hydrogen-bond acceptors (Lipinski definition) is 4. The van der Waals surface area contributed by atoms with Gasteiger partial charge in [0.25, 0.3) is 0 Å². The number of nitrogens with zero attached hydrogens (tertiary/aromatic N) is 1. The van der Waals surface area contributed by atoms with Crippen LogP contribution in [0.1, 0.15) is 23.7 Å². The van der Waals surface area contributed by atoms with Crippen LogP contribution >= 0.6 is 11.8 Å².